The summed E-state index contributed by atoms with van der Waals surface area (Å²) in [6.07, 6.45) is 1.61. The fraction of sp³-hybridized carbons (Fsp3) is 0.600. The number of carbonyl (C=O) groups excluding carboxylic acids is 1. The average Bonchev–Trinajstić information content (AvgIpc) is 2.86. The van der Waals surface area contributed by atoms with Crippen LogP contribution in [0.15, 0.2) is 4.42 Å². The number of ether oxygens (including phenoxy) is 2. The third-order valence-electron chi connectivity index (χ3n) is 2.34. The van der Waals surface area contributed by atoms with Gasteiger partial charge in [0.05, 0.1) is 6.61 Å². The quantitative estimate of drug-likeness (QED) is 0.781. The molecule has 0 aromatic carbocycles. The number of oxazole rings is 1. The van der Waals surface area contributed by atoms with Gasteiger partial charge in [-0.15, -0.1) is 0 Å². The summed E-state index contributed by atoms with van der Waals surface area (Å²) in [5, 5.41) is 0. The Morgan fingerprint density at radius 3 is 3.12 bits per heavy atom. The predicted octanol–water partition coefficient (Wildman–Crippen LogP) is 1.29. The van der Waals surface area contributed by atoms with Crippen LogP contribution in [0.2, 0.25) is 0 Å². The number of hydrogen-bond acceptors (Lipinski definition) is 6. The molecule has 1 aliphatic heterocycles. The molecule has 0 saturated carbocycles. The lowest BCUT2D eigenvalue weighted by Crippen LogP contribution is -2.08. The van der Waals surface area contributed by atoms with Crippen LogP contribution in [0, 0.1) is 0 Å². The van der Waals surface area contributed by atoms with Gasteiger partial charge in [0, 0.05) is 6.61 Å². The Morgan fingerprint density at radius 2 is 2.50 bits per heavy atom. The van der Waals surface area contributed by atoms with Crippen LogP contribution >= 0.6 is 0 Å². The second-order valence-electron chi connectivity index (χ2n) is 3.49. The standard InChI is InChI=1S/C10H14N2O4/c1-2-14-10(13)7-8(11)16-9(12-7)6-4-3-5-15-6/h6H,2-5,11H2,1H3. The highest BCUT2D eigenvalue weighted by Crippen LogP contribution is 2.30. The van der Waals surface area contributed by atoms with Gasteiger partial charge in [-0.2, -0.15) is 0 Å². The van der Waals surface area contributed by atoms with Gasteiger partial charge in [0.15, 0.2) is 0 Å². The van der Waals surface area contributed by atoms with E-state index in [1.54, 1.807) is 6.92 Å². The Bertz CT molecular complexity index is 382. The highest BCUT2D eigenvalue weighted by Gasteiger charge is 2.27. The zero-order valence-electron chi connectivity index (χ0n) is 9.06. The van der Waals surface area contributed by atoms with E-state index in [2.05, 4.69) is 4.98 Å². The van der Waals surface area contributed by atoms with E-state index in [1.807, 2.05) is 0 Å². The maximum atomic E-state index is 11.4. The Morgan fingerprint density at radius 1 is 1.69 bits per heavy atom. The Labute approximate surface area is 92.7 Å². The summed E-state index contributed by atoms with van der Waals surface area (Å²) in [5.74, 6) is -0.213. The minimum absolute atomic E-state index is 0.0102. The van der Waals surface area contributed by atoms with Crippen molar-refractivity contribution in [2.45, 2.75) is 25.9 Å². The topological polar surface area (TPSA) is 87.6 Å². The fourth-order valence-corrected chi connectivity index (χ4v) is 1.60. The molecular weight excluding hydrogens is 212 g/mol. The summed E-state index contributed by atoms with van der Waals surface area (Å²) in [7, 11) is 0. The van der Waals surface area contributed by atoms with E-state index in [9.17, 15) is 4.79 Å². The molecule has 2 rings (SSSR count). The number of rotatable bonds is 3. The van der Waals surface area contributed by atoms with Crippen molar-refractivity contribution in [2.75, 3.05) is 18.9 Å². The van der Waals surface area contributed by atoms with Gasteiger partial charge in [0.25, 0.3) is 0 Å². The van der Waals surface area contributed by atoms with E-state index >= 15 is 0 Å². The van der Waals surface area contributed by atoms with Crippen LogP contribution in [0.4, 0.5) is 5.88 Å². The SMILES string of the molecule is CCOC(=O)c1nc(C2CCCO2)oc1N. The van der Waals surface area contributed by atoms with E-state index in [0.29, 0.717) is 12.5 Å². The molecule has 1 saturated heterocycles. The monoisotopic (exact) mass is 226 g/mol. The maximum Gasteiger partial charge on any atom is 0.362 e. The summed E-state index contributed by atoms with van der Waals surface area (Å²) in [6.45, 7) is 2.68. The summed E-state index contributed by atoms with van der Waals surface area (Å²) in [5.41, 5.74) is 5.59. The summed E-state index contributed by atoms with van der Waals surface area (Å²) in [6, 6.07) is 0. The van der Waals surface area contributed by atoms with E-state index < -0.39 is 5.97 Å². The van der Waals surface area contributed by atoms with Crippen LogP contribution < -0.4 is 5.73 Å². The molecule has 0 amide bonds. The molecule has 1 aromatic heterocycles. The third-order valence-corrected chi connectivity index (χ3v) is 2.34. The van der Waals surface area contributed by atoms with Crippen molar-refractivity contribution in [3.63, 3.8) is 0 Å². The first-order valence-corrected chi connectivity index (χ1v) is 5.27. The first-order chi connectivity index (χ1) is 7.72. The molecule has 16 heavy (non-hydrogen) atoms. The van der Waals surface area contributed by atoms with E-state index in [4.69, 9.17) is 19.6 Å². The van der Waals surface area contributed by atoms with Gasteiger partial charge in [-0.3, -0.25) is 0 Å². The molecule has 1 atom stereocenters. The van der Waals surface area contributed by atoms with Crippen LogP contribution in [-0.2, 0) is 9.47 Å². The molecule has 88 valence electrons. The number of nitrogens with zero attached hydrogens (tertiary/aromatic N) is 1. The number of carbonyl (C=O) groups is 1. The highest BCUT2D eigenvalue weighted by molar-refractivity contribution is 5.91. The highest BCUT2D eigenvalue weighted by atomic mass is 16.5. The van der Waals surface area contributed by atoms with Crippen molar-refractivity contribution < 1.29 is 18.7 Å². The van der Waals surface area contributed by atoms with Crippen molar-refractivity contribution in [3.05, 3.63) is 11.6 Å². The number of hydrogen-bond donors (Lipinski definition) is 1. The lowest BCUT2D eigenvalue weighted by molar-refractivity contribution is 0.0520. The Kier molecular flexibility index (Phi) is 3.09. The minimum Gasteiger partial charge on any atom is -0.461 e. The molecule has 1 fully saturated rings. The van der Waals surface area contributed by atoms with Gasteiger partial charge in [-0.25, -0.2) is 9.78 Å². The van der Waals surface area contributed by atoms with E-state index in [0.717, 1.165) is 12.8 Å². The first kappa shape index (κ1) is 10.9. The second-order valence-corrected chi connectivity index (χ2v) is 3.49. The Hall–Kier alpha value is -1.56. The molecule has 6 heteroatoms. The Balaban J connectivity index is 2.17. The first-order valence-electron chi connectivity index (χ1n) is 5.27. The molecule has 1 aromatic rings. The van der Waals surface area contributed by atoms with Gasteiger partial charge >= 0.3 is 5.97 Å². The van der Waals surface area contributed by atoms with E-state index in [1.165, 1.54) is 0 Å². The molecule has 0 radical (unpaired) electrons. The number of esters is 1. The van der Waals surface area contributed by atoms with Gasteiger partial charge in [-0.1, -0.05) is 0 Å². The molecule has 2 N–H and O–H groups in total. The molecule has 1 aliphatic rings. The smallest absolute Gasteiger partial charge is 0.362 e. The number of anilines is 1. The van der Waals surface area contributed by atoms with Crippen molar-refractivity contribution in [1.29, 1.82) is 0 Å². The van der Waals surface area contributed by atoms with Crippen molar-refractivity contribution in [2.24, 2.45) is 0 Å². The van der Waals surface area contributed by atoms with E-state index in [-0.39, 0.29) is 24.3 Å². The lowest BCUT2D eigenvalue weighted by Gasteiger charge is -2.01. The maximum absolute atomic E-state index is 11.4. The van der Waals surface area contributed by atoms with Crippen LogP contribution in [0.1, 0.15) is 42.2 Å². The molecule has 0 bridgehead atoms. The van der Waals surface area contributed by atoms with Gasteiger partial charge in [-0.05, 0) is 19.8 Å². The van der Waals surface area contributed by atoms with Crippen molar-refractivity contribution in [3.8, 4) is 0 Å². The number of nitrogen functional groups attached to an aromatic ring is 1. The van der Waals surface area contributed by atoms with Crippen LogP contribution in [0.25, 0.3) is 0 Å². The third kappa shape index (κ3) is 2.01. The normalized spacial score (nSPS) is 19.9. The molecule has 6 nitrogen and oxygen atoms in total. The number of nitrogens with two attached hydrogens (primary N) is 1. The van der Waals surface area contributed by atoms with Crippen LogP contribution in [0.5, 0.6) is 0 Å². The van der Waals surface area contributed by atoms with Gasteiger partial charge in [0.2, 0.25) is 17.5 Å². The summed E-state index contributed by atoms with van der Waals surface area (Å²) >= 11 is 0. The minimum atomic E-state index is -0.562. The fourth-order valence-electron chi connectivity index (χ4n) is 1.60. The predicted molar refractivity (Wildman–Crippen MR) is 54.8 cm³/mol. The zero-order chi connectivity index (χ0) is 11.5. The molecule has 0 spiro atoms. The summed E-state index contributed by atoms with van der Waals surface area (Å²) in [4.78, 5) is 15.4. The van der Waals surface area contributed by atoms with Crippen molar-refractivity contribution >= 4 is 11.9 Å². The van der Waals surface area contributed by atoms with Gasteiger partial charge in [0.1, 0.15) is 6.10 Å². The molecule has 1 unspecified atom stereocenters. The average molecular weight is 226 g/mol. The molecule has 0 aliphatic carbocycles. The lowest BCUT2D eigenvalue weighted by atomic mass is 10.2. The van der Waals surface area contributed by atoms with Gasteiger partial charge < -0.3 is 19.6 Å². The molecular formula is C10H14N2O4. The number of aromatic nitrogens is 1. The van der Waals surface area contributed by atoms with Crippen molar-refractivity contribution in [1.82, 2.24) is 4.98 Å². The largest absolute Gasteiger partial charge is 0.461 e. The summed E-state index contributed by atoms with van der Waals surface area (Å²) < 4.78 is 15.4. The zero-order valence-corrected chi connectivity index (χ0v) is 9.06. The molecule has 2 heterocycles. The van der Waals surface area contributed by atoms with Crippen LogP contribution in [-0.4, -0.2) is 24.2 Å². The second kappa shape index (κ2) is 4.52. The van der Waals surface area contributed by atoms with Crippen LogP contribution in [0.3, 0.4) is 0 Å².